The average molecular weight is 482 g/mol. The number of hydrogen-bond acceptors (Lipinski definition) is 5. The smallest absolute Gasteiger partial charge is 0.354 e. The van der Waals surface area contributed by atoms with Crippen LogP contribution in [0.2, 0.25) is 0 Å². The van der Waals surface area contributed by atoms with Gasteiger partial charge in [0.25, 0.3) is 0 Å². The Morgan fingerprint density at radius 3 is 2.70 bits per heavy atom. The normalized spacial score (nSPS) is 20.7. The number of aromatic nitrogens is 2. The zero-order valence-corrected chi connectivity index (χ0v) is 17.8. The lowest BCUT2D eigenvalue weighted by molar-refractivity contribution is 0.0651. The third-order valence-electron chi connectivity index (χ3n) is 5.29. The average Bonchev–Trinajstić information content (AvgIpc) is 2.67. The molecule has 6 nitrogen and oxygen atoms in total. The van der Waals surface area contributed by atoms with Crippen LogP contribution >= 0.6 is 22.6 Å². The third-order valence-corrected chi connectivity index (χ3v) is 6.12. The summed E-state index contributed by atoms with van der Waals surface area (Å²) < 4.78 is 2.28. The summed E-state index contributed by atoms with van der Waals surface area (Å²) in [5.41, 5.74) is 7.40. The van der Waals surface area contributed by atoms with Gasteiger partial charge < -0.3 is 10.8 Å². The fraction of sp³-hybridized carbons (Fsp3) is 0.500. The number of hydrogen-bond donors (Lipinski definition) is 2. The number of aliphatic hydroxyl groups excluding tert-OH is 1. The Kier molecular flexibility index (Phi) is 6.88. The van der Waals surface area contributed by atoms with Crippen molar-refractivity contribution in [2.24, 2.45) is 0 Å². The van der Waals surface area contributed by atoms with Gasteiger partial charge in [0.15, 0.2) is 0 Å². The van der Waals surface area contributed by atoms with E-state index >= 15 is 0 Å². The standard InChI is InChI=1S/C20H27IN4O2/c1-2-11-24-15(10-12-26)4-3-5-18(24)14-6-8-16(9-7-14)25-13-17(21)19(22)23-20(25)27/h6-9,13,15,18,26H,2-5,10-12H2,1H3,(H2,22,23,27)/t15?,18-/m0/s1. The van der Waals surface area contributed by atoms with Crippen LogP contribution in [0.15, 0.2) is 35.3 Å². The van der Waals surface area contributed by atoms with Crippen LogP contribution < -0.4 is 11.4 Å². The van der Waals surface area contributed by atoms with Crippen LogP contribution in [0, 0.1) is 3.57 Å². The number of piperidine rings is 1. The molecule has 7 heteroatoms. The minimum absolute atomic E-state index is 0.238. The van der Waals surface area contributed by atoms with Crippen molar-refractivity contribution in [3.63, 3.8) is 0 Å². The molecule has 3 rings (SSSR count). The Morgan fingerprint density at radius 1 is 1.30 bits per heavy atom. The summed E-state index contributed by atoms with van der Waals surface area (Å²) >= 11 is 2.08. The molecule has 1 aliphatic rings. The summed E-state index contributed by atoms with van der Waals surface area (Å²) in [6, 6.07) is 8.98. The van der Waals surface area contributed by atoms with Crippen molar-refractivity contribution < 1.29 is 5.11 Å². The molecule has 1 unspecified atom stereocenters. The summed E-state index contributed by atoms with van der Waals surface area (Å²) in [7, 11) is 0. The van der Waals surface area contributed by atoms with Gasteiger partial charge in [-0.3, -0.25) is 9.47 Å². The van der Waals surface area contributed by atoms with Gasteiger partial charge in [0, 0.05) is 24.9 Å². The van der Waals surface area contributed by atoms with Gasteiger partial charge in [-0.25, -0.2) is 4.79 Å². The van der Waals surface area contributed by atoms with Gasteiger partial charge in [0.2, 0.25) is 0 Å². The number of nitrogen functional groups attached to an aromatic ring is 1. The predicted octanol–water partition coefficient (Wildman–Crippen LogP) is 3.11. The van der Waals surface area contributed by atoms with Gasteiger partial charge in [-0.05, 0) is 78.9 Å². The third kappa shape index (κ3) is 4.52. The van der Waals surface area contributed by atoms with Crippen LogP contribution in [-0.4, -0.2) is 38.8 Å². The van der Waals surface area contributed by atoms with Crippen LogP contribution in [0.3, 0.4) is 0 Å². The first-order valence-corrected chi connectivity index (χ1v) is 10.6. The number of rotatable bonds is 6. The fourth-order valence-electron chi connectivity index (χ4n) is 4.03. The fourth-order valence-corrected chi connectivity index (χ4v) is 4.43. The molecule has 0 bridgehead atoms. The van der Waals surface area contributed by atoms with Crippen LogP contribution in [0.5, 0.6) is 0 Å². The van der Waals surface area contributed by atoms with Crippen molar-refractivity contribution in [2.45, 2.75) is 51.1 Å². The molecule has 0 radical (unpaired) electrons. The first-order valence-electron chi connectivity index (χ1n) is 9.56. The highest BCUT2D eigenvalue weighted by molar-refractivity contribution is 14.1. The van der Waals surface area contributed by atoms with E-state index in [1.807, 2.05) is 12.1 Å². The van der Waals surface area contributed by atoms with Gasteiger partial charge in [0.05, 0.1) is 9.26 Å². The molecule has 2 atom stereocenters. The number of benzene rings is 1. The number of likely N-dealkylation sites (tertiary alicyclic amines) is 1. The molecule has 1 aromatic heterocycles. The lowest BCUT2D eigenvalue weighted by Crippen LogP contribution is -2.42. The van der Waals surface area contributed by atoms with Crippen molar-refractivity contribution in [1.29, 1.82) is 0 Å². The second kappa shape index (κ2) is 9.16. The van der Waals surface area contributed by atoms with E-state index in [9.17, 15) is 9.90 Å². The van der Waals surface area contributed by atoms with Crippen molar-refractivity contribution in [1.82, 2.24) is 14.5 Å². The summed E-state index contributed by atoms with van der Waals surface area (Å²) in [4.78, 5) is 18.6. The molecule has 146 valence electrons. The SMILES string of the molecule is CCCN1C(CCO)CCC[C@H]1c1ccc(-n2cc(I)c(N)nc2=O)cc1. The van der Waals surface area contributed by atoms with E-state index in [0.717, 1.165) is 41.5 Å². The van der Waals surface area contributed by atoms with Gasteiger partial charge in [-0.15, -0.1) is 0 Å². The van der Waals surface area contributed by atoms with Crippen molar-refractivity contribution in [2.75, 3.05) is 18.9 Å². The Bertz CT molecular complexity index is 820. The monoisotopic (exact) mass is 482 g/mol. The summed E-state index contributed by atoms with van der Waals surface area (Å²) in [6.07, 6.45) is 7.11. The minimum atomic E-state index is -0.367. The zero-order valence-electron chi connectivity index (χ0n) is 15.6. The number of nitrogens with zero attached hydrogens (tertiary/aromatic N) is 3. The number of nitrogens with two attached hydrogens (primary N) is 1. The summed E-state index contributed by atoms with van der Waals surface area (Å²) in [6.45, 7) is 3.48. The lowest BCUT2D eigenvalue weighted by Gasteiger charge is -2.42. The molecule has 0 aliphatic carbocycles. The highest BCUT2D eigenvalue weighted by atomic mass is 127. The van der Waals surface area contributed by atoms with Crippen molar-refractivity contribution in [3.8, 4) is 5.69 Å². The van der Waals surface area contributed by atoms with Crippen LogP contribution in [0.4, 0.5) is 5.82 Å². The van der Waals surface area contributed by atoms with E-state index in [1.165, 1.54) is 16.6 Å². The van der Waals surface area contributed by atoms with Gasteiger partial charge in [-0.2, -0.15) is 4.98 Å². The van der Waals surface area contributed by atoms with Crippen LogP contribution in [0.1, 0.15) is 50.6 Å². The first kappa shape index (κ1) is 20.3. The zero-order chi connectivity index (χ0) is 19.4. The van der Waals surface area contributed by atoms with Crippen molar-refractivity contribution in [3.05, 3.63) is 50.1 Å². The first-order chi connectivity index (χ1) is 13.0. The van der Waals surface area contributed by atoms with E-state index in [1.54, 1.807) is 6.20 Å². The maximum atomic E-state index is 12.2. The Balaban J connectivity index is 1.87. The largest absolute Gasteiger partial charge is 0.396 e. The second-order valence-electron chi connectivity index (χ2n) is 7.07. The molecule has 0 amide bonds. The number of aliphatic hydroxyl groups is 1. The van der Waals surface area contributed by atoms with Crippen LogP contribution in [0.25, 0.3) is 5.69 Å². The minimum Gasteiger partial charge on any atom is -0.396 e. The number of halogens is 1. The molecular formula is C20H27IN4O2. The predicted molar refractivity (Wildman–Crippen MR) is 116 cm³/mol. The Hall–Kier alpha value is -1.45. The molecule has 3 N–H and O–H groups in total. The Morgan fingerprint density at radius 2 is 2.04 bits per heavy atom. The molecule has 1 aliphatic heterocycles. The van der Waals surface area contributed by atoms with Gasteiger partial charge >= 0.3 is 5.69 Å². The molecule has 0 spiro atoms. The van der Waals surface area contributed by atoms with E-state index in [-0.39, 0.29) is 18.1 Å². The molecular weight excluding hydrogens is 455 g/mol. The summed E-state index contributed by atoms with van der Waals surface area (Å²) in [5.74, 6) is 0.265. The quantitative estimate of drug-likeness (QED) is 0.619. The summed E-state index contributed by atoms with van der Waals surface area (Å²) in [5, 5.41) is 9.42. The highest BCUT2D eigenvalue weighted by Crippen LogP contribution is 2.35. The molecule has 27 heavy (non-hydrogen) atoms. The lowest BCUT2D eigenvalue weighted by atomic mass is 9.89. The molecule has 1 fully saturated rings. The maximum Gasteiger partial charge on any atom is 0.354 e. The molecule has 0 saturated carbocycles. The van der Waals surface area contributed by atoms with E-state index in [0.29, 0.717) is 12.1 Å². The molecule has 2 aromatic rings. The van der Waals surface area contributed by atoms with Gasteiger partial charge in [0.1, 0.15) is 5.82 Å². The molecule has 2 heterocycles. The second-order valence-corrected chi connectivity index (χ2v) is 8.23. The number of anilines is 1. The van der Waals surface area contributed by atoms with Gasteiger partial charge in [-0.1, -0.05) is 19.1 Å². The maximum absolute atomic E-state index is 12.2. The van der Waals surface area contributed by atoms with E-state index in [2.05, 4.69) is 51.5 Å². The Labute approximate surface area is 173 Å². The highest BCUT2D eigenvalue weighted by Gasteiger charge is 2.30. The molecule has 1 aromatic carbocycles. The van der Waals surface area contributed by atoms with Crippen molar-refractivity contribution >= 4 is 28.4 Å². The molecule has 1 saturated heterocycles. The van der Waals surface area contributed by atoms with Crippen LogP contribution in [-0.2, 0) is 0 Å². The van der Waals surface area contributed by atoms with E-state index in [4.69, 9.17) is 5.73 Å². The topological polar surface area (TPSA) is 84.4 Å². The van der Waals surface area contributed by atoms with E-state index < -0.39 is 0 Å².